The number of amides is 4. The van der Waals surface area contributed by atoms with Crippen molar-refractivity contribution in [3.05, 3.63) is 82.7 Å². The molecule has 4 amide bonds. The Morgan fingerprint density at radius 2 is 1.71 bits per heavy atom. The molecule has 1 saturated carbocycles. The van der Waals surface area contributed by atoms with Crippen LogP contribution in [0.2, 0.25) is 0 Å². The lowest BCUT2D eigenvalue weighted by molar-refractivity contribution is -0.146. The second-order valence-corrected chi connectivity index (χ2v) is 11.3. The topological polar surface area (TPSA) is 114 Å². The van der Waals surface area contributed by atoms with Crippen molar-refractivity contribution in [3.8, 4) is 5.75 Å². The van der Waals surface area contributed by atoms with Gasteiger partial charge in [0.25, 0.3) is 11.8 Å². The lowest BCUT2D eigenvalue weighted by Gasteiger charge is -2.42. The van der Waals surface area contributed by atoms with Crippen molar-refractivity contribution in [1.29, 1.82) is 0 Å². The molecule has 0 bridgehead atoms. The molecular weight excluding hydrogens is 534 g/mol. The van der Waals surface area contributed by atoms with Crippen molar-refractivity contribution in [2.24, 2.45) is 18.9 Å². The van der Waals surface area contributed by atoms with Gasteiger partial charge in [0, 0.05) is 49.8 Å². The molecule has 0 spiro atoms. The monoisotopic (exact) mass is 569 g/mol. The first-order valence-corrected chi connectivity index (χ1v) is 14.6. The minimum Gasteiger partial charge on any atom is -0.488 e. The highest BCUT2D eigenvalue weighted by molar-refractivity contribution is 6.21. The highest BCUT2D eigenvalue weighted by Crippen LogP contribution is 2.41. The number of nitrogens with one attached hydrogen (secondary N) is 1. The molecule has 3 atom stereocenters. The third-order valence-electron chi connectivity index (χ3n) is 8.82. The van der Waals surface area contributed by atoms with E-state index in [1.165, 1.54) is 4.90 Å². The SMILES string of the molecule is CNC(=O)C1CCCCC1C(=O)N1CCc2cccc(OCc3cnn(C)c3)c2[C@H]1CN1C(=O)c2ccccc2C1=O. The Morgan fingerprint density at radius 1 is 1.00 bits per heavy atom. The van der Waals surface area contributed by atoms with Crippen LogP contribution in [0.25, 0.3) is 0 Å². The van der Waals surface area contributed by atoms with Crippen molar-refractivity contribution < 1.29 is 23.9 Å². The van der Waals surface area contributed by atoms with Crippen LogP contribution in [0.3, 0.4) is 0 Å². The summed E-state index contributed by atoms with van der Waals surface area (Å²) in [6.07, 6.45) is 7.27. The average molecular weight is 570 g/mol. The zero-order valence-corrected chi connectivity index (χ0v) is 23.9. The van der Waals surface area contributed by atoms with E-state index in [0.29, 0.717) is 42.7 Å². The molecule has 10 heteroatoms. The molecule has 0 radical (unpaired) electrons. The van der Waals surface area contributed by atoms with Gasteiger partial charge < -0.3 is 15.0 Å². The van der Waals surface area contributed by atoms with E-state index in [9.17, 15) is 19.2 Å². The summed E-state index contributed by atoms with van der Waals surface area (Å²) in [6.45, 7) is 0.692. The third-order valence-corrected chi connectivity index (χ3v) is 8.82. The molecule has 3 heterocycles. The van der Waals surface area contributed by atoms with Gasteiger partial charge in [-0.05, 0) is 43.0 Å². The first kappa shape index (κ1) is 27.7. The Hall–Kier alpha value is -4.47. The molecule has 42 heavy (non-hydrogen) atoms. The fraction of sp³-hybridized carbons (Fsp3) is 0.406. The molecular formula is C32H35N5O5. The second-order valence-electron chi connectivity index (χ2n) is 11.3. The summed E-state index contributed by atoms with van der Waals surface area (Å²) in [4.78, 5) is 57.1. The Morgan fingerprint density at radius 3 is 2.38 bits per heavy atom. The zero-order valence-electron chi connectivity index (χ0n) is 23.9. The second kappa shape index (κ2) is 11.4. The van der Waals surface area contributed by atoms with Crippen molar-refractivity contribution in [2.45, 2.75) is 44.8 Å². The number of imide groups is 1. The summed E-state index contributed by atoms with van der Waals surface area (Å²) < 4.78 is 8.03. The molecule has 1 N–H and O–H groups in total. The van der Waals surface area contributed by atoms with Gasteiger partial charge in [0.05, 0.1) is 29.9 Å². The molecule has 2 unspecified atom stereocenters. The van der Waals surface area contributed by atoms with Gasteiger partial charge in [-0.3, -0.25) is 28.8 Å². The van der Waals surface area contributed by atoms with Gasteiger partial charge in [-0.25, -0.2) is 0 Å². The summed E-state index contributed by atoms with van der Waals surface area (Å²) in [6, 6.07) is 12.0. The quantitative estimate of drug-likeness (QED) is 0.437. The molecule has 2 aliphatic heterocycles. The Labute approximate surface area is 244 Å². The molecule has 218 valence electrons. The minimum atomic E-state index is -0.624. The third kappa shape index (κ3) is 4.95. The van der Waals surface area contributed by atoms with Gasteiger partial charge in [0.2, 0.25) is 11.8 Å². The molecule has 3 aromatic rings. The number of nitrogens with zero attached hydrogens (tertiary/aromatic N) is 4. The number of aromatic nitrogens is 2. The van der Waals surface area contributed by atoms with Gasteiger partial charge in [0.15, 0.2) is 0 Å². The van der Waals surface area contributed by atoms with Gasteiger partial charge in [-0.2, -0.15) is 5.10 Å². The van der Waals surface area contributed by atoms with Crippen LogP contribution in [-0.4, -0.2) is 63.3 Å². The Balaban J connectivity index is 1.38. The van der Waals surface area contributed by atoms with Crippen LogP contribution in [0.4, 0.5) is 0 Å². The molecule has 6 rings (SSSR count). The van der Waals surface area contributed by atoms with Crippen LogP contribution >= 0.6 is 0 Å². The average Bonchev–Trinajstić information content (AvgIpc) is 3.55. The number of rotatable bonds is 7. The Bertz CT molecular complexity index is 1510. The van der Waals surface area contributed by atoms with Crippen molar-refractivity contribution in [1.82, 2.24) is 24.9 Å². The zero-order chi connectivity index (χ0) is 29.4. The first-order chi connectivity index (χ1) is 20.4. The molecule has 0 saturated heterocycles. The maximum Gasteiger partial charge on any atom is 0.261 e. The van der Waals surface area contributed by atoms with Gasteiger partial charge >= 0.3 is 0 Å². The van der Waals surface area contributed by atoms with E-state index < -0.39 is 17.9 Å². The smallest absolute Gasteiger partial charge is 0.261 e. The number of aryl methyl sites for hydroxylation is 1. The van der Waals surface area contributed by atoms with Gasteiger partial charge in [-0.15, -0.1) is 0 Å². The van der Waals surface area contributed by atoms with Crippen LogP contribution in [0, 0.1) is 11.8 Å². The van der Waals surface area contributed by atoms with E-state index in [-0.39, 0.29) is 36.8 Å². The maximum absolute atomic E-state index is 14.4. The van der Waals surface area contributed by atoms with E-state index in [2.05, 4.69) is 10.4 Å². The summed E-state index contributed by atoms with van der Waals surface area (Å²) >= 11 is 0. The lowest BCUT2D eigenvalue weighted by Crippen LogP contribution is -2.51. The molecule has 10 nitrogen and oxygen atoms in total. The van der Waals surface area contributed by atoms with Crippen LogP contribution in [0.1, 0.15) is 69.1 Å². The fourth-order valence-electron chi connectivity index (χ4n) is 6.74. The number of carbonyl (C=O) groups excluding carboxylic acids is 4. The van der Waals surface area contributed by atoms with Crippen molar-refractivity contribution in [3.63, 3.8) is 0 Å². The van der Waals surface area contributed by atoms with Crippen LogP contribution in [0.5, 0.6) is 5.75 Å². The molecule has 1 aliphatic carbocycles. The Kier molecular flexibility index (Phi) is 7.53. The number of hydrogen-bond acceptors (Lipinski definition) is 6. The van der Waals surface area contributed by atoms with Crippen molar-refractivity contribution in [2.75, 3.05) is 20.1 Å². The number of carbonyl (C=O) groups is 4. The van der Waals surface area contributed by atoms with Crippen LogP contribution in [0.15, 0.2) is 54.9 Å². The van der Waals surface area contributed by atoms with Gasteiger partial charge in [-0.1, -0.05) is 37.1 Å². The summed E-state index contributed by atoms with van der Waals surface area (Å²) in [5.41, 5.74) is 3.43. The molecule has 3 aliphatic rings. The highest BCUT2D eigenvalue weighted by Gasteiger charge is 2.45. The number of benzene rings is 2. The fourth-order valence-corrected chi connectivity index (χ4v) is 6.74. The summed E-state index contributed by atoms with van der Waals surface area (Å²) in [5, 5.41) is 6.96. The van der Waals surface area contributed by atoms with Crippen LogP contribution in [-0.2, 0) is 29.7 Å². The van der Waals surface area contributed by atoms with Crippen LogP contribution < -0.4 is 10.1 Å². The minimum absolute atomic E-state index is 0.00425. The highest BCUT2D eigenvalue weighted by atomic mass is 16.5. The predicted octanol–water partition coefficient (Wildman–Crippen LogP) is 3.27. The molecule has 1 fully saturated rings. The van der Waals surface area contributed by atoms with E-state index in [1.54, 1.807) is 47.1 Å². The van der Waals surface area contributed by atoms with Crippen molar-refractivity contribution >= 4 is 23.6 Å². The first-order valence-electron chi connectivity index (χ1n) is 14.6. The van der Waals surface area contributed by atoms with E-state index in [4.69, 9.17) is 4.74 Å². The summed E-state index contributed by atoms with van der Waals surface area (Å²) in [7, 11) is 3.44. The number of ether oxygens (including phenoxy) is 1. The summed E-state index contributed by atoms with van der Waals surface area (Å²) in [5.74, 6) is -1.25. The normalized spacial score (nSPS) is 21.6. The van der Waals surface area contributed by atoms with E-state index in [0.717, 1.165) is 29.5 Å². The standard InChI is InChI=1S/C32H35N5O5/c1-33-29(38)22-9-3-4-10-23(22)30(39)36-15-14-21-8-7-13-27(42-19-20-16-34-35(2)17-20)28(21)26(36)18-37-31(40)24-11-5-6-12-25(24)32(37)41/h5-8,11-13,16-17,22-23,26H,3-4,9-10,14-15,18-19H2,1-2H3,(H,33,38)/t22?,23?,26-/m1/s1. The van der Waals surface area contributed by atoms with Gasteiger partial charge in [0.1, 0.15) is 12.4 Å². The van der Waals surface area contributed by atoms with E-state index in [1.807, 2.05) is 31.4 Å². The lowest BCUT2D eigenvalue weighted by atomic mass is 9.77. The number of fused-ring (bicyclic) bond motifs is 2. The largest absolute Gasteiger partial charge is 0.488 e. The number of hydrogen-bond donors (Lipinski definition) is 1. The molecule has 1 aromatic heterocycles. The molecule has 2 aromatic carbocycles. The maximum atomic E-state index is 14.4. The van der Waals surface area contributed by atoms with E-state index >= 15 is 0 Å². The predicted molar refractivity (Wildman–Crippen MR) is 153 cm³/mol.